The molecule has 102 valence electrons. The van der Waals surface area contributed by atoms with Crippen molar-refractivity contribution in [1.29, 1.82) is 0 Å². The number of para-hydroxylation sites is 1. The van der Waals surface area contributed by atoms with E-state index < -0.39 is 22.3 Å². The third-order valence-electron chi connectivity index (χ3n) is 2.48. The van der Waals surface area contributed by atoms with Gasteiger partial charge in [-0.3, -0.25) is 14.9 Å². The highest BCUT2D eigenvalue weighted by Crippen LogP contribution is 2.23. The van der Waals surface area contributed by atoms with E-state index in [-0.39, 0.29) is 5.56 Å². The van der Waals surface area contributed by atoms with E-state index in [2.05, 4.69) is 21.2 Å². The molecule has 0 aromatic heterocycles. The second kappa shape index (κ2) is 5.79. The van der Waals surface area contributed by atoms with Crippen LogP contribution < -0.4 is 5.32 Å². The number of nitrogens with zero attached hydrogens (tertiary/aromatic N) is 1. The molecule has 0 radical (unpaired) electrons. The van der Waals surface area contributed by atoms with Crippen LogP contribution in [-0.2, 0) is 0 Å². The minimum absolute atomic E-state index is 0.118. The van der Waals surface area contributed by atoms with Crippen LogP contribution in [0.25, 0.3) is 0 Å². The largest absolute Gasteiger partial charge is 0.321 e. The van der Waals surface area contributed by atoms with Crippen molar-refractivity contribution in [3.63, 3.8) is 0 Å². The van der Waals surface area contributed by atoms with Crippen molar-refractivity contribution in [3.8, 4) is 0 Å². The lowest BCUT2D eigenvalue weighted by Gasteiger charge is -2.07. The van der Waals surface area contributed by atoms with E-state index in [4.69, 9.17) is 0 Å². The standard InChI is InChI=1S/C13H8BrFN2O3/c14-11-3-1-2-4-12(11)16-13(18)8-5-9(15)7-10(6-8)17(19)20/h1-7H,(H,16,18). The Kier molecular flexibility index (Phi) is 4.09. The fourth-order valence-electron chi connectivity index (χ4n) is 1.57. The van der Waals surface area contributed by atoms with E-state index in [1.54, 1.807) is 24.3 Å². The minimum Gasteiger partial charge on any atom is -0.321 e. The van der Waals surface area contributed by atoms with Crippen LogP contribution >= 0.6 is 15.9 Å². The highest BCUT2D eigenvalue weighted by Gasteiger charge is 2.15. The molecule has 0 spiro atoms. The van der Waals surface area contributed by atoms with Gasteiger partial charge in [0.15, 0.2) is 0 Å². The zero-order chi connectivity index (χ0) is 14.7. The molecule has 0 saturated heterocycles. The third kappa shape index (κ3) is 3.18. The molecular formula is C13H8BrFN2O3. The van der Waals surface area contributed by atoms with Gasteiger partial charge in [-0.15, -0.1) is 0 Å². The quantitative estimate of drug-likeness (QED) is 0.684. The van der Waals surface area contributed by atoms with E-state index >= 15 is 0 Å². The van der Waals surface area contributed by atoms with Gasteiger partial charge in [0.1, 0.15) is 5.82 Å². The van der Waals surface area contributed by atoms with Gasteiger partial charge in [0.05, 0.1) is 16.7 Å². The lowest BCUT2D eigenvalue weighted by atomic mass is 10.1. The smallest absolute Gasteiger partial charge is 0.273 e. The maximum atomic E-state index is 13.3. The topological polar surface area (TPSA) is 72.2 Å². The van der Waals surface area contributed by atoms with Crippen LogP contribution in [0, 0.1) is 15.9 Å². The van der Waals surface area contributed by atoms with Gasteiger partial charge >= 0.3 is 0 Å². The highest BCUT2D eigenvalue weighted by atomic mass is 79.9. The maximum Gasteiger partial charge on any atom is 0.273 e. The summed E-state index contributed by atoms with van der Waals surface area (Å²) in [5.74, 6) is -1.46. The molecule has 2 rings (SSSR count). The number of benzene rings is 2. The zero-order valence-electron chi connectivity index (χ0n) is 9.97. The van der Waals surface area contributed by atoms with Gasteiger partial charge in [-0.25, -0.2) is 4.39 Å². The highest BCUT2D eigenvalue weighted by molar-refractivity contribution is 9.10. The summed E-state index contributed by atoms with van der Waals surface area (Å²) in [6.07, 6.45) is 0. The molecule has 7 heteroatoms. The van der Waals surface area contributed by atoms with Crippen LogP contribution in [0.2, 0.25) is 0 Å². The van der Waals surface area contributed by atoms with Crippen molar-refractivity contribution >= 4 is 33.2 Å². The molecule has 2 aromatic rings. The number of carbonyl (C=O) groups excluding carboxylic acids is 1. The average Bonchev–Trinajstić information content (AvgIpc) is 2.40. The summed E-state index contributed by atoms with van der Waals surface area (Å²) in [6, 6.07) is 9.59. The second-order valence-electron chi connectivity index (χ2n) is 3.89. The van der Waals surface area contributed by atoms with Crippen LogP contribution in [0.5, 0.6) is 0 Å². The Morgan fingerprint density at radius 1 is 1.25 bits per heavy atom. The summed E-state index contributed by atoms with van der Waals surface area (Å²) in [5, 5.41) is 13.2. The first-order chi connectivity index (χ1) is 9.47. The SMILES string of the molecule is O=C(Nc1ccccc1Br)c1cc(F)cc([N+](=O)[O-])c1. The number of amides is 1. The van der Waals surface area contributed by atoms with Crippen molar-refractivity contribution in [2.75, 3.05) is 5.32 Å². The predicted molar refractivity (Wildman–Crippen MR) is 75.1 cm³/mol. The second-order valence-corrected chi connectivity index (χ2v) is 4.74. The van der Waals surface area contributed by atoms with Gasteiger partial charge < -0.3 is 5.32 Å². The van der Waals surface area contributed by atoms with E-state index in [9.17, 15) is 19.3 Å². The molecule has 0 fully saturated rings. The van der Waals surface area contributed by atoms with E-state index in [0.717, 1.165) is 18.2 Å². The first kappa shape index (κ1) is 14.1. The summed E-state index contributed by atoms with van der Waals surface area (Å²) in [5.41, 5.74) is -0.0980. The molecule has 0 aliphatic carbocycles. The van der Waals surface area contributed by atoms with Crippen molar-refractivity contribution in [2.45, 2.75) is 0 Å². The Bertz CT molecular complexity index is 691. The van der Waals surface area contributed by atoms with Crippen LogP contribution in [0.15, 0.2) is 46.9 Å². The maximum absolute atomic E-state index is 13.3. The summed E-state index contributed by atoms with van der Waals surface area (Å²) in [6.45, 7) is 0. The lowest BCUT2D eigenvalue weighted by Crippen LogP contribution is -2.13. The number of rotatable bonds is 3. The monoisotopic (exact) mass is 338 g/mol. The zero-order valence-corrected chi connectivity index (χ0v) is 11.6. The number of nitro benzene ring substituents is 1. The Morgan fingerprint density at radius 2 is 1.95 bits per heavy atom. The summed E-state index contributed by atoms with van der Waals surface area (Å²) in [4.78, 5) is 21.9. The summed E-state index contributed by atoms with van der Waals surface area (Å²) in [7, 11) is 0. The van der Waals surface area contributed by atoms with Gasteiger partial charge in [-0.1, -0.05) is 12.1 Å². The van der Waals surface area contributed by atoms with Gasteiger partial charge in [-0.05, 0) is 34.1 Å². The summed E-state index contributed by atoms with van der Waals surface area (Å²) >= 11 is 3.25. The fraction of sp³-hybridized carbons (Fsp3) is 0. The lowest BCUT2D eigenvalue weighted by molar-refractivity contribution is -0.385. The number of non-ortho nitro benzene ring substituents is 1. The number of carbonyl (C=O) groups is 1. The van der Waals surface area contributed by atoms with Crippen LogP contribution in [0.4, 0.5) is 15.8 Å². The van der Waals surface area contributed by atoms with Crippen LogP contribution in [-0.4, -0.2) is 10.8 Å². The molecule has 1 amide bonds. The normalized spacial score (nSPS) is 10.1. The van der Waals surface area contributed by atoms with E-state index in [0.29, 0.717) is 10.2 Å². The number of hydrogen-bond donors (Lipinski definition) is 1. The molecule has 0 bridgehead atoms. The number of anilines is 1. The first-order valence-electron chi connectivity index (χ1n) is 5.48. The molecule has 20 heavy (non-hydrogen) atoms. The molecule has 0 atom stereocenters. The molecule has 0 aliphatic heterocycles. The Labute approximate surface area is 121 Å². The van der Waals surface area contributed by atoms with Gasteiger partial charge in [0.2, 0.25) is 0 Å². The minimum atomic E-state index is -0.837. The predicted octanol–water partition coefficient (Wildman–Crippen LogP) is 3.75. The fourth-order valence-corrected chi connectivity index (χ4v) is 1.95. The molecule has 0 saturated carbocycles. The Morgan fingerprint density at radius 3 is 2.60 bits per heavy atom. The van der Waals surface area contributed by atoms with Crippen LogP contribution in [0.1, 0.15) is 10.4 Å². The molecule has 0 aliphatic rings. The molecule has 0 unspecified atom stereocenters. The van der Waals surface area contributed by atoms with Gasteiger partial charge in [0.25, 0.3) is 11.6 Å². The number of halogens is 2. The van der Waals surface area contributed by atoms with Crippen molar-refractivity contribution < 1.29 is 14.1 Å². The first-order valence-corrected chi connectivity index (χ1v) is 6.27. The van der Waals surface area contributed by atoms with Gasteiger partial charge in [-0.2, -0.15) is 0 Å². The van der Waals surface area contributed by atoms with E-state index in [1.165, 1.54) is 0 Å². The van der Waals surface area contributed by atoms with Crippen molar-refractivity contribution in [1.82, 2.24) is 0 Å². The number of nitro groups is 1. The average molecular weight is 339 g/mol. The Balaban J connectivity index is 2.30. The van der Waals surface area contributed by atoms with Gasteiger partial charge in [0, 0.05) is 16.1 Å². The number of hydrogen-bond acceptors (Lipinski definition) is 3. The molecular weight excluding hydrogens is 331 g/mol. The van der Waals surface area contributed by atoms with E-state index in [1.807, 2.05) is 0 Å². The molecule has 2 aromatic carbocycles. The molecule has 5 nitrogen and oxygen atoms in total. The van der Waals surface area contributed by atoms with Crippen molar-refractivity contribution in [2.24, 2.45) is 0 Å². The molecule has 0 heterocycles. The molecule has 1 N–H and O–H groups in total. The Hall–Kier alpha value is -2.28. The third-order valence-corrected chi connectivity index (χ3v) is 3.17. The number of nitrogens with one attached hydrogen (secondary N) is 1. The van der Waals surface area contributed by atoms with Crippen LogP contribution in [0.3, 0.4) is 0 Å². The van der Waals surface area contributed by atoms with Crippen molar-refractivity contribution in [3.05, 3.63) is 68.4 Å². The summed E-state index contributed by atoms with van der Waals surface area (Å²) < 4.78 is 13.9.